The topological polar surface area (TPSA) is 114 Å². The van der Waals surface area contributed by atoms with Gasteiger partial charge >= 0.3 is 0 Å². The Bertz CT molecular complexity index is 1720. The largest absolute Gasteiger partial charge is 0.497 e. The van der Waals surface area contributed by atoms with E-state index in [4.69, 9.17) is 9.47 Å². The van der Waals surface area contributed by atoms with Gasteiger partial charge in [-0.15, -0.1) is 0 Å². The van der Waals surface area contributed by atoms with E-state index in [-0.39, 0.29) is 16.5 Å². The number of nitrogens with zero attached hydrogens (tertiary/aromatic N) is 2. The van der Waals surface area contributed by atoms with Crippen molar-refractivity contribution >= 4 is 49.8 Å². The predicted molar refractivity (Wildman–Crippen MR) is 154 cm³/mol. The standard InChI is InChI=1S/C29H27N5O4S/c1-19-12-14-20(15-13-19)30-26-10-6-7-11-27(26)39(35,36)34-29-28(32-24-8-4-5-9-25(24)33-29)31-21-16-22(37-2)18-23(17-21)38-3/h4-18,30H,1-3H3,(H,31,32)(H,33,34). The lowest BCUT2D eigenvalue weighted by Crippen LogP contribution is -2.17. The van der Waals surface area contributed by atoms with Crippen LogP contribution in [0.15, 0.2) is 95.9 Å². The van der Waals surface area contributed by atoms with Crippen molar-refractivity contribution in [3.63, 3.8) is 0 Å². The summed E-state index contributed by atoms with van der Waals surface area (Å²) >= 11 is 0. The van der Waals surface area contributed by atoms with Gasteiger partial charge in [-0.1, -0.05) is 42.0 Å². The van der Waals surface area contributed by atoms with Crippen LogP contribution in [0, 0.1) is 6.92 Å². The molecule has 0 radical (unpaired) electrons. The molecule has 198 valence electrons. The number of aromatic nitrogens is 2. The van der Waals surface area contributed by atoms with Gasteiger partial charge in [-0.25, -0.2) is 18.4 Å². The zero-order valence-electron chi connectivity index (χ0n) is 21.6. The van der Waals surface area contributed by atoms with Crippen LogP contribution in [0.5, 0.6) is 11.5 Å². The molecule has 0 aliphatic rings. The van der Waals surface area contributed by atoms with Crippen molar-refractivity contribution in [3.8, 4) is 11.5 Å². The minimum atomic E-state index is -4.09. The third-order valence-corrected chi connectivity index (χ3v) is 7.32. The lowest BCUT2D eigenvalue weighted by Gasteiger charge is -2.17. The third-order valence-electron chi connectivity index (χ3n) is 5.92. The number of para-hydroxylation sites is 3. The quantitative estimate of drug-likeness (QED) is 0.201. The molecule has 3 N–H and O–H groups in total. The van der Waals surface area contributed by atoms with Crippen LogP contribution in [0.1, 0.15) is 5.56 Å². The second-order valence-electron chi connectivity index (χ2n) is 8.73. The van der Waals surface area contributed by atoms with E-state index in [1.54, 1.807) is 62.8 Å². The summed E-state index contributed by atoms with van der Waals surface area (Å²) in [7, 11) is -0.982. The number of fused-ring (bicyclic) bond motifs is 1. The van der Waals surface area contributed by atoms with Crippen LogP contribution in [-0.2, 0) is 10.0 Å². The molecule has 0 aliphatic carbocycles. The molecule has 0 saturated carbocycles. The van der Waals surface area contributed by atoms with E-state index >= 15 is 0 Å². The molecular weight excluding hydrogens is 514 g/mol. The highest BCUT2D eigenvalue weighted by Crippen LogP contribution is 2.33. The van der Waals surface area contributed by atoms with Gasteiger partial charge in [0.25, 0.3) is 10.0 Å². The maximum atomic E-state index is 13.7. The number of benzene rings is 4. The Labute approximate surface area is 226 Å². The molecule has 9 nitrogen and oxygen atoms in total. The Morgan fingerprint density at radius 2 is 1.26 bits per heavy atom. The summed E-state index contributed by atoms with van der Waals surface area (Å²) in [6.45, 7) is 1.99. The molecule has 0 unspecified atom stereocenters. The fraction of sp³-hybridized carbons (Fsp3) is 0.103. The molecular formula is C29H27N5O4S. The van der Waals surface area contributed by atoms with Gasteiger partial charge in [0.15, 0.2) is 11.6 Å². The van der Waals surface area contributed by atoms with Gasteiger partial charge < -0.3 is 20.1 Å². The average molecular weight is 542 g/mol. The number of hydrogen-bond acceptors (Lipinski definition) is 8. The molecule has 4 aromatic carbocycles. The molecule has 0 amide bonds. The smallest absolute Gasteiger partial charge is 0.265 e. The van der Waals surface area contributed by atoms with Crippen LogP contribution >= 0.6 is 0 Å². The van der Waals surface area contributed by atoms with Gasteiger partial charge in [-0.2, -0.15) is 0 Å². The normalized spacial score (nSPS) is 11.2. The predicted octanol–water partition coefficient (Wildman–Crippen LogP) is 6.24. The fourth-order valence-electron chi connectivity index (χ4n) is 3.95. The number of hydrogen-bond donors (Lipinski definition) is 3. The maximum Gasteiger partial charge on any atom is 0.265 e. The second kappa shape index (κ2) is 10.9. The van der Waals surface area contributed by atoms with E-state index in [1.807, 2.05) is 43.3 Å². The minimum Gasteiger partial charge on any atom is -0.497 e. The molecule has 0 saturated heterocycles. The van der Waals surface area contributed by atoms with Gasteiger partial charge in [0.05, 0.1) is 30.9 Å². The zero-order chi connectivity index (χ0) is 27.4. The highest BCUT2D eigenvalue weighted by Gasteiger charge is 2.22. The highest BCUT2D eigenvalue weighted by atomic mass is 32.2. The third kappa shape index (κ3) is 5.86. The fourth-order valence-corrected chi connectivity index (χ4v) is 5.13. The summed E-state index contributed by atoms with van der Waals surface area (Å²) in [5, 5.41) is 6.37. The molecule has 5 rings (SSSR count). The van der Waals surface area contributed by atoms with Crippen LogP contribution in [0.3, 0.4) is 0 Å². The van der Waals surface area contributed by atoms with Crippen molar-refractivity contribution in [1.29, 1.82) is 0 Å². The summed E-state index contributed by atoms with van der Waals surface area (Å²) in [4.78, 5) is 9.32. The van der Waals surface area contributed by atoms with Gasteiger partial charge in [0.1, 0.15) is 16.4 Å². The van der Waals surface area contributed by atoms with Crippen LogP contribution in [0.2, 0.25) is 0 Å². The summed E-state index contributed by atoms with van der Waals surface area (Å²) in [5.74, 6) is 1.38. The monoisotopic (exact) mass is 541 g/mol. The van der Waals surface area contributed by atoms with Crippen molar-refractivity contribution in [1.82, 2.24) is 9.97 Å². The van der Waals surface area contributed by atoms with Crippen molar-refractivity contribution in [2.24, 2.45) is 0 Å². The molecule has 0 atom stereocenters. The molecule has 1 aromatic heterocycles. The molecule has 1 heterocycles. The minimum absolute atomic E-state index is 0.0422. The Hall–Kier alpha value is -4.83. The number of aryl methyl sites for hydroxylation is 1. The summed E-state index contributed by atoms with van der Waals surface area (Å²) in [5.41, 5.74) is 4.01. The molecule has 10 heteroatoms. The SMILES string of the molecule is COc1cc(Nc2nc3ccccc3nc2NS(=O)(=O)c2ccccc2Nc2ccc(C)cc2)cc(OC)c1. The molecule has 0 fully saturated rings. The first-order valence-electron chi connectivity index (χ1n) is 12.1. The maximum absolute atomic E-state index is 13.7. The first-order valence-corrected chi connectivity index (χ1v) is 13.6. The Morgan fingerprint density at radius 1 is 0.667 bits per heavy atom. The average Bonchev–Trinajstić information content (AvgIpc) is 2.94. The lowest BCUT2D eigenvalue weighted by molar-refractivity contribution is 0.395. The molecule has 5 aromatic rings. The number of sulfonamides is 1. The first-order chi connectivity index (χ1) is 18.8. The van der Waals surface area contributed by atoms with E-state index in [0.717, 1.165) is 11.3 Å². The highest BCUT2D eigenvalue weighted by molar-refractivity contribution is 7.92. The number of nitrogens with one attached hydrogen (secondary N) is 3. The Kier molecular flexibility index (Phi) is 7.20. The van der Waals surface area contributed by atoms with Crippen molar-refractivity contribution < 1.29 is 17.9 Å². The van der Waals surface area contributed by atoms with Crippen LogP contribution in [0.25, 0.3) is 11.0 Å². The van der Waals surface area contributed by atoms with E-state index in [9.17, 15) is 8.42 Å². The molecule has 39 heavy (non-hydrogen) atoms. The first kappa shape index (κ1) is 25.8. The summed E-state index contributed by atoms with van der Waals surface area (Å²) in [6, 6.07) is 26.8. The van der Waals surface area contributed by atoms with Crippen molar-refractivity contribution in [3.05, 3.63) is 96.6 Å². The van der Waals surface area contributed by atoms with Gasteiger partial charge in [0, 0.05) is 29.6 Å². The van der Waals surface area contributed by atoms with Crippen molar-refractivity contribution in [2.45, 2.75) is 11.8 Å². The summed E-state index contributed by atoms with van der Waals surface area (Å²) in [6.07, 6.45) is 0. The lowest BCUT2D eigenvalue weighted by atomic mass is 10.2. The van der Waals surface area contributed by atoms with Crippen LogP contribution in [0.4, 0.5) is 28.7 Å². The Morgan fingerprint density at radius 3 is 1.90 bits per heavy atom. The zero-order valence-corrected chi connectivity index (χ0v) is 22.4. The molecule has 0 aliphatic heterocycles. The number of ether oxygens (including phenoxy) is 2. The number of anilines is 5. The van der Waals surface area contributed by atoms with Crippen LogP contribution in [-0.4, -0.2) is 32.6 Å². The Balaban J connectivity index is 1.54. The van der Waals surface area contributed by atoms with E-state index in [1.165, 1.54) is 6.07 Å². The number of rotatable bonds is 9. The number of methoxy groups -OCH3 is 2. The molecule has 0 bridgehead atoms. The summed E-state index contributed by atoms with van der Waals surface area (Å²) < 4.78 is 40.8. The van der Waals surface area contributed by atoms with Gasteiger partial charge in [0.2, 0.25) is 0 Å². The van der Waals surface area contributed by atoms with Gasteiger partial charge in [-0.3, -0.25) is 4.72 Å². The van der Waals surface area contributed by atoms with Gasteiger partial charge in [-0.05, 0) is 43.3 Å². The molecule has 0 spiro atoms. The second-order valence-corrected chi connectivity index (χ2v) is 10.4. The van der Waals surface area contributed by atoms with E-state index < -0.39 is 10.0 Å². The van der Waals surface area contributed by atoms with Crippen LogP contribution < -0.4 is 24.8 Å². The van der Waals surface area contributed by atoms with Crippen molar-refractivity contribution in [2.75, 3.05) is 29.6 Å². The van der Waals surface area contributed by atoms with E-state index in [2.05, 4.69) is 25.3 Å². The van der Waals surface area contributed by atoms with E-state index in [0.29, 0.717) is 33.9 Å².